The lowest BCUT2D eigenvalue weighted by Crippen LogP contribution is -2.32. The number of benzene rings is 3. The molecule has 7 nitrogen and oxygen atoms in total. The van der Waals surface area contributed by atoms with Crippen molar-refractivity contribution in [2.75, 3.05) is 17.8 Å². The van der Waals surface area contributed by atoms with E-state index in [9.17, 15) is 20.0 Å². The van der Waals surface area contributed by atoms with Gasteiger partial charge in [0.2, 0.25) is 5.91 Å². The Kier molecular flexibility index (Phi) is 7.71. The highest BCUT2D eigenvalue weighted by Crippen LogP contribution is 2.45. The number of allylic oxidation sites excluding steroid dienone is 3. The first-order chi connectivity index (χ1) is 19.0. The number of methoxy groups -OCH3 is 1. The van der Waals surface area contributed by atoms with Crippen LogP contribution >= 0.6 is 11.8 Å². The van der Waals surface area contributed by atoms with Crippen LogP contribution in [0.2, 0.25) is 0 Å². The number of amides is 1. The first-order valence-electron chi connectivity index (χ1n) is 12.6. The van der Waals surface area contributed by atoms with E-state index in [4.69, 9.17) is 4.74 Å². The Morgan fingerprint density at radius 3 is 2.36 bits per heavy atom. The SMILES string of the molecule is COc1cc([C@@H]2C(C#N)=C(SCC(=O)N(c3ccccc3)c3ccccc3)NC3=C2C(=O)CCC3)ccc1O. The number of hydrogen-bond acceptors (Lipinski definition) is 7. The summed E-state index contributed by atoms with van der Waals surface area (Å²) in [5.74, 6) is -0.465. The number of rotatable bonds is 7. The molecule has 39 heavy (non-hydrogen) atoms. The van der Waals surface area contributed by atoms with Gasteiger partial charge in [-0.15, -0.1) is 0 Å². The van der Waals surface area contributed by atoms with Gasteiger partial charge < -0.3 is 15.2 Å². The van der Waals surface area contributed by atoms with Crippen LogP contribution in [0.4, 0.5) is 11.4 Å². The molecule has 5 rings (SSSR count). The zero-order valence-corrected chi connectivity index (χ0v) is 22.2. The highest BCUT2D eigenvalue weighted by molar-refractivity contribution is 8.03. The summed E-state index contributed by atoms with van der Waals surface area (Å²) in [7, 11) is 1.46. The number of dihydropyridines is 1. The van der Waals surface area contributed by atoms with Crippen molar-refractivity contribution in [1.82, 2.24) is 5.32 Å². The minimum Gasteiger partial charge on any atom is -0.504 e. The van der Waals surface area contributed by atoms with Crippen LogP contribution in [0.25, 0.3) is 0 Å². The highest BCUT2D eigenvalue weighted by Gasteiger charge is 2.37. The summed E-state index contributed by atoms with van der Waals surface area (Å²) in [6.07, 6.45) is 1.80. The maximum atomic E-state index is 13.7. The third-order valence-electron chi connectivity index (χ3n) is 6.82. The van der Waals surface area contributed by atoms with Crippen molar-refractivity contribution >= 4 is 34.8 Å². The first-order valence-corrected chi connectivity index (χ1v) is 13.6. The number of nitrogens with zero attached hydrogens (tertiary/aromatic N) is 2. The molecule has 196 valence electrons. The third-order valence-corrected chi connectivity index (χ3v) is 7.82. The first kappa shape index (κ1) is 26.1. The Bertz CT molecular complexity index is 1470. The number of phenolic OH excluding ortho intramolecular Hbond substituents is 1. The van der Waals surface area contributed by atoms with E-state index in [2.05, 4.69) is 11.4 Å². The van der Waals surface area contributed by atoms with Gasteiger partial charge in [0.05, 0.1) is 35.5 Å². The predicted octanol–water partition coefficient (Wildman–Crippen LogP) is 5.93. The van der Waals surface area contributed by atoms with Gasteiger partial charge in [-0.05, 0) is 54.8 Å². The van der Waals surface area contributed by atoms with E-state index in [1.54, 1.807) is 17.0 Å². The van der Waals surface area contributed by atoms with Gasteiger partial charge in [0.1, 0.15) is 0 Å². The second kappa shape index (κ2) is 11.5. The number of phenols is 1. The van der Waals surface area contributed by atoms with Gasteiger partial charge in [0, 0.05) is 29.1 Å². The largest absolute Gasteiger partial charge is 0.504 e. The molecule has 0 radical (unpaired) electrons. The maximum Gasteiger partial charge on any atom is 0.241 e. The lowest BCUT2D eigenvalue weighted by molar-refractivity contribution is -0.116. The fourth-order valence-corrected chi connectivity index (χ4v) is 5.95. The van der Waals surface area contributed by atoms with Crippen LogP contribution in [0.3, 0.4) is 0 Å². The van der Waals surface area contributed by atoms with Crippen LogP contribution in [0.15, 0.2) is 101 Å². The van der Waals surface area contributed by atoms with Crippen LogP contribution in [-0.2, 0) is 9.59 Å². The number of ether oxygens (including phenoxy) is 1. The van der Waals surface area contributed by atoms with Crippen molar-refractivity contribution < 1.29 is 19.4 Å². The topological polar surface area (TPSA) is 103 Å². The summed E-state index contributed by atoms with van der Waals surface area (Å²) in [5, 5.41) is 24.3. The number of aromatic hydroxyl groups is 1. The number of hydrogen-bond donors (Lipinski definition) is 2. The molecule has 0 spiro atoms. The Balaban J connectivity index is 1.50. The Morgan fingerprint density at radius 1 is 1.08 bits per heavy atom. The van der Waals surface area contributed by atoms with E-state index in [0.717, 1.165) is 17.1 Å². The Morgan fingerprint density at radius 2 is 1.74 bits per heavy atom. The molecular formula is C31H27N3O4S. The number of carbonyl (C=O) groups excluding carboxylic acids is 2. The number of thioether (sulfide) groups is 1. The van der Waals surface area contributed by atoms with Crippen LogP contribution in [0.5, 0.6) is 11.5 Å². The zero-order chi connectivity index (χ0) is 27.4. The van der Waals surface area contributed by atoms with Gasteiger partial charge in [0.15, 0.2) is 17.3 Å². The minimum absolute atomic E-state index is 0.00648. The number of ketones is 1. The molecule has 0 fully saturated rings. The number of carbonyl (C=O) groups is 2. The number of anilines is 2. The van der Waals surface area contributed by atoms with Crippen LogP contribution < -0.4 is 15.0 Å². The molecule has 3 aromatic carbocycles. The van der Waals surface area contributed by atoms with Gasteiger partial charge in [-0.2, -0.15) is 5.26 Å². The van der Waals surface area contributed by atoms with Crippen molar-refractivity contribution in [2.45, 2.75) is 25.2 Å². The summed E-state index contributed by atoms with van der Waals surface area (Å²) in [6, 6.07) is 26.0. The average molecular weight is 538 g/mol. The number of nitriles is 1. The Hall–Kier alpha value is -4.48. The summed E-state index contributed by atoms with van der Waals surface area (Å²) >= 11 is 1.25. The minimum atomic E-state index is -0.620. The van der Waals surface area contributed by atoms with Gasteiger partial charge in [-0.3, -0.25) is 14.5 Å². The molecule has 0 saturated heterocycles. The molecule has 1 aliphatic heterocycles. The molecule has 0 aromatic heterocycles. The molecule has 2 N–H and O–H groups in total. The van der Waals surface area contributed by atoms with Crippen LogP contribution in [-0.4, -0.2) is 29.7 Å². The van der Waals surface area contributed by atoms with Gasteiger partial charge >= 0.3 is 0 Å². The monoisotopic (exact) mass is 537 g/mol. The molecule has 3 aromatic rings. The van der Waals surface area contributed by atoms with E-state index < -0.39 is 5.92 Å². The molecule has 8 heteroatoms. The van der Waals surface area contributed by atoms with Gasteiger partial charge in [-0.1, -0.05) is 54.2 Å². The van der Waals surface area contributed by atoms with Crippen molar-refractivity contribution in [3.05, 3.63) is 106 Å². The summed E-state index contributed by atoms with van der Waals surface area (Å²) in [5.41, 5.74) is 3.87. The lowest BCUT2D eigenvalue weighted by Gasteiger charge is -2.33. The van der Waals surface area contributed by atoms with Gasteiger partial charge in [0.25, 0.3) is 0 Å². The molecular weight excluding hydrogens is 510 g/mol. The third kappa shape index (κ3) is 5.27. The van der Waals surface area contributed by atoms with E-state index in [-0.39, 0.29) is 28.9 Å². The number of nitrogens with one attached hydrogen (secondary N) is 1. The van der Waals surface area contributed by atoms with Crippen molar-refractivity contribution in [1.29, 1.82) is 5.26 Å². The predicted molar refractivity (Wildman–Crippen MR) is 152 cm³/mol. The van der Waals surface area contributed by atoms with Crippen molar-refractivity contribution in [3.8, 4) is 17.6 Å². The van der Waals surface area contributed by atoms with E-state index in [0.29, 0.717) is 41.0 Å². The van der Waals surface area contributed by atoms with Crippen molar-refractivity contribution in [2.24, 2.45) is 0 Å². The summed E-state index contributed by atoms with van der Waals surface area (Å²) in [6.45, 7) is 0. The fraction of sp³-hybridized carbons (Fsp3) is 0.194. The van der Waals surface area contributed by atoms with E-state index in [1.165, 1.54) is 24.9 Å². The summed E-state index contributed by atoms with van der Waals surface area (Å²) in [4.78, 5) is 28.4. The normalized spacial score (nSPS) is 16.7. The lowest BCUT2D eigenvalue weighted by atomic mass is 9.77. The molecule has 2 aliphatic rings. The average Bonchev–Trinajstić information content (AvgIpc) is 2.97. The smallest absolute Gasteiger partial charge is 0.241 e. The second-order valence-corrected chi connectivity index (χ2v) is 10.2. The molecule has 0 unspecified atom stereocenters. The quantitative estimate of drug-likeness (QED) is 0.385. The van der Waals surface area contributed by atoms with E-state index >= 15 is 0 Å². The van der Waals surface area contributed by atoms with Crippen LogP contribution in [0, 0.1) is 11.3 Å². The highest BCUT2D eigenvalue weighted by atomic mass is 32.2. The Labute approximate surface area is 231 Å². The maximum absolute atomic E-state index is 13.7. The molecule has 1 atom stereocenters. The van der Waals surface area contributed by atoms with Gasteiger partial charge in [-0.25, -0.2) is 0 Å². The zero-order valence-electron chi connectivity index (χ0n) is 21.4. The number of para-hydroxylation sites is 2. The second-order valence-electron chi connectivity index (χ2n) is 9.20. The molecule has 0 bridgehead atoms. The van der Waals surface area contributed by atoms with E-state index in [1.807, 2.05) is 60.7 Å². The molecule has 1 heterocycles. The van der Waals surface area contributed by atoms with Crippen molar-refractivity contribution in [3.63, 3.8) is 0 Å². The molecule has 1 aliphatic carbocycles. The van der Waals surface area contributed by atoms with Crippen LogP contribution in [0.1, 0.15) is 30.7 Å². The molecule has 0 saturated carbocycles. The number of Topliss-reactive ketones (excluding diaryl/α,β-unsaturated/α-hetero) is 1. The summed E-state index contributed by atoms with van der Waals surface area (Å²) < 4.78 is 5.30. The fourth-order valence-electron chi connectivity index (χ4n) is 5.03. The standard InChI is InChI=1S/C31H27N3O4S/c1-38-27-17-20(15-16-25(27)35)29-23(18-32)31(33-24-13-8-14-26(36)30(24)29)39-19-28(37)34(21-9-4-2-5-10-21)22-11-6-3-7-12-22/h2-7,9-12,15-17,29,33,35H,8,13-14,19H2,1H3/t29-/m1/s1. The molecule has 1 amide bonds.